The second-order valence-corrected chi connectivity index (χ2v) is 8.89. The number of halogens is 1. The molecule has 3 rings (SSSR count). The van der Waals surface area contributed by atoms with Gasteiger partial charge in [0, 0.05) is 11.1 Å². The van der Waals surface area contributed by atoms with E-state index in [9.17, 15) is 13.2 Å². The molecule has 0 heterocycles. The molecule has 0 saturated carbocycles. The number of carbonyl (C=O) groups excluding carboxylic acids is 1. The van der Waals surface area contributed by atoms with E-state index in [-0.39, 0.29) is 20.9 Å². The Morgan fingerprint density at radius 3 is 1.83 bits per heavy atom. The van der Waals surface area contributed by atoms with Crippen molar-refractivity contribution in [1.82, 2.24) is 0 Å². The van der Waals surface area contributed by atoms with E-state index in [4.69, 9.17) is 4.18 Å². The molecule has 0 aliphatic rings. The van der Waals surface area contributed by atoms with Gasteiger partial charge >= 0.3 is 10.1 Å². The van der Waals surface area contributed by atoms with Crippen molar-refractivity contribution < 1.29 is 17.4 Å². The number of rotatable bonds is 6. The number of benzene rings is 3. The van der Waals surface area contributed by atoms with Gasteiger partial charge in [-0.05, 0) is 41.9 Å². The molecule has 0 N–H and O–H groups in total. The second kappa shape index (κ2) is 8.76. The molecule has 0 bridgehead atoms. The lowest BCUT2D eigenvalue weighted by molar-refractivity contribution is 0.104. The summed E-state index contributed by atoms with van der Waals surface area (Å²) in [5.41, 5.74) is 2.84. The van der Waals surface area contributed by atoms with Crippen LogP contribution in [0.3, 0.4) is 0 Å². The zero-order valence-electron chi connectivity index (χ0n) is 15.9. The molecule has 0 amide bonds. The van der Waals surface area contributed by atoms with Crippen molar-refractivity contribution in [1.29, 1.82) is 0 Å². The molecule has 0 atom stereocenters. The summed E-state index contributed by atoms with van der Waals surface area (Å²) in [6.45, 7) is 3.79. The van der Waals surface area contributed by atoms with Gasteiger partial charge in [0.2, 0.25) is 5.78 Å². The van der Waals surface area contributed by atoms with Gasteiger partial charge in [-0.25, -0.2) is 0 Å². The fraction of sp³-hybridized carbons (Fsp3) is 0.0870. The molecule has 148 valence electrons. The molecule has 0 aliphatic heterocycles. The van der Waals surface area contributed by atoms with Crippen molar-refractivity contribution in [2.45, 2.75) is 18.7 Å². The Morgan fingerprint density at radius 1 is 0.759 bits per heavy atom. The van der Waals surface area contributed by atoms with Gasteiger partial charge in [0.1, 0.15) is 9.38 Å². The summed E-state index contributed by atoms with van der Waals surface area (Å²) in [6, 6.07) is 22.0. The Balaban J connectivity index is 2.07. The summed E-state index contributed by atoms with van der Waals surface area (Å²) in [7, 11) is -4.13. The topological polar surface area (TPSA) is 60.4 Å². The molecule has 0 saturated heterocycles. The van der Waals surface area contributed by atoms with Crippen LogP contribution >= 0.6 is 15.9 Å². The maximum absolute atomic E-state index is 13.0. The quantitative estimate of drug-likeness (QED) is 0.202. The van der Waals surface area contributed by atoms with Crippen LogP contribution in [0.5, 0.6) is 0 Å². The fourth-order valence-electron chi connectivity index (χ4n) is 2.60. The van der Waals surface area contributed by atoms with Crippen molar-refractivity contribution >= 4 is 37.6 Å². The summed E-state index contributed by atoms with van der Waals surface area (Å²) in [4.78, 5) is 13.0. The number of hydrogen-bond donors (Lipinski definition) is 0. The third kappa shape index (κ3) is 5.02. The van der Waals surface area contributed by atoms with E-state index in [1.54, 1.807) is 54.6 Å². The first-order valence-electron chi connectivity index (χ1n) is 8.85. The molecule has 0 fully saturated rings. The van der Waals surface area contributed by atoms with E-state index in [0.717, 1.165) is 11.1 Å². The number of carbonyl (C=O) groups is 1. The maximum atomic E-state index is 13.0. The van der Waals surface area contributed by atoms with Crippen LogP contribution in [0.1, 0.15) is 27.0 Å². The van der Waals surface area contributed by atoms with Crippen LogP contribution in [0.2, 0.25) is 0 Å². The van der Waals surface area contributed by atoms with E-state index in [0.29, 0.717) is 11.1 Å². The standard InChI is InChI=1S/C23H19BrO4S/c1-16-8-12-18(13-9-16)22(25)21(24)23(19-6-4-3-5-7-19)28-29(26,27)20-14-10-17(2)11-15-20/h3-15H,1-2H3/b23-21+. The maximum Gasteiger partial charge on any atom is 0.339 e. The third-order valence-corrected chi connectivity index (χ3v) is 6.21. The molecule has 0 spiro atoms. The lowest BCUT2D eigenvalue weighted by Crippen LogP contribution is -2.10. The van der Waals surface area contributed by atoms with Crippen LogP contribution < -0.4 is 0 Å². The summed E-state index contributed by atoms with van der Waals surface area (Å²) in [5.74, 6) is -0.431. The van der Waals surface area contributed by atoms with E-state index in [1.807, 2.05) is 26.0 Å². The summed E-state index contributed by atoms with van der Waals surface area (Å²) in [6.07, 6.45) is 0. The molecule has 0 radical (unpaired) electrons. The molecule has 0 aliphatic carbocycles. The number of allylic oxidation sites excluding steroid dienone is 1. The Labute approximate surface area is 179 Å². The highest BCUT2D eigenvalue weighted by Crippen LogP contribution is 2.30. The number of Topliss-reactive ketones (excluding diaryl/α,β-unsaturated/α-hetero) is 1. The predicted octanol–water partition coefficient (Wildman–Crippen LogP) is 5.66. The van der Waals surface area contributed by atoms with Crippen LogP contribution in [-0.2, 0) is 14.3 Å². The average molecular weight is 471 g/mol. The largest absolute Gasteiger partial charge is 0.377 e. The van der Waals surface area contributed by atoms with Gasteiger partial charge in [-0.2, -0.15) is 8.42 Å². The first-order chi connectivity index (χ1) is 13.8. The van der Waals surface area contributed by atoms with Gasteiger partial charge in [-0.3, -0.25) is 4.79 Å². The molecule has 3 aromatic rings. The van der Waals surface area contributed by atoms with Gasteiger partial charge in [-0.15, -0.1) is 0 Å². The number of hydrogen-bond acceptors (Lipinski definition) is 4. The van der Waals surface area contributed by atoms with Gasteiger partial charge in [0.05, 0.1) is 0 Å². The third-order valence-electron chi connectivity index (χ3n) is 4.25. The second-order valence-electron chi connectivity index (χ2n) is 6.55. The monoisotopic (exact) mass is 470 g/mol. The zero-order valence-corrected chi connectivity index (χ0v) is 18.3. The van der Waals surface area contributed by atoms with Crippen LogP contribution in [0.4, 0.5) is 0 Å². The minimum absolute atomic E-state index is 0.0135. The highest BCUT2D eigenvalue weighted by molar-refractivity contribution is 9.12. The molecule has 0 aromatic heterocycles. The Bertz CT molecular complexity index is 1150. The van der Waals surface area contributed by atoms with E-state index < -0.39 is 10.1 Å². The normalized spacial score (nSPS) is 12.2. The van der Waals surface area contributed by atoms with Crippen molar-refractivity contribution in [3.63, 3.8) is 0 Å². The number of aryl methyl sites for hydroxylation is 2. The molecular formula is C23H19BrO4S. The molecule has 0 unspecified atom stereocenters. The molecule has 6 heteroatoms. The smallest absolute Gasteiger partial charge is 0.339 e. The Morgan fingerprint density at radius 2 is 1.28 bits per heavy atom. The lowest BCUT2D eigenvalue weighted by atomic mass is 10.1. The summed E-state index contributed by atoms with van der Waals surface area (Å²) in [5, 5.41) is 0. The van der Waals surface area contributed by atoms with Gasteiger partial charge < -0.3 is 4.18 Å². The fourth-order valence-corrected chi connectivity index (χ4v) is 4.21. The van der Waals surface area contributed by atoms with Crippen LogP contribution in [0.15, 0.2) is 88.2 Å². The summed E-state index contributed by atoms with van der Waals surface area (Å²) < 4.78 is 31.2. The molecule has 3 aromatic carbocycles. The van der Waals surface area contributed by atoms with Crippen molar-refractivity contribution in [2.75, 3.05) is 0 Å². The van der Waals surface area contributed by atoms with E-state index >= 15 is 0 Å². The Kier molecular flexibility index (Phi) is 6.35. The van der Waals surface area contributed by atoms with Crippen LogP contribution in [0.25, 0.3) is 5.76 Å². The lowest BCUT2D eigenvalue weighted by Gasteiger charge is -2.13. The van der Waals surface area contributed by atoms with E-state index in [2.05, 4.69) is 15.9 Å². The first kappa shape index (κ1) is 21.0. The zero-order chi connectivity index (χ0) is 21.0. The van der Waals surface area contributed by atoms with E-state index in [1.165, 1.54) is 12.1 Å². The highest BCUT2D eigenvalue weighted by Gasteiger charge is 2.24. The number of ketones is 1. The Hall–Kier alpha value is -2.70. The van der Waals surface area contributed by atoms with Crippen LogP contribution in [-0.4, -0.2) is 14.2 Å². The molecule has 29 heavy (non-hydrogen) atoms. The summed E-state index contributed by atoms with van der Waals surface area (Å²) >= 11 is 3.28. The minimum atomic E-state index is -4.13. The van der Waals surface area contributed by atoms with Crippen LogP contribution in [0, 0.1) is 13.8 Å². The highest BCUT2D eigenvalue weighted by atomic mass is 79.9. The van der Waals surface area contributed by atoms with Crippen molar-refractivity contribution in [2.24, 2.45) is 0 Å². The average Bonchev–Trinajstić information content (AvgIpc) is 2.72. The predicted molar refractivity (Wildman–Crippen MR) is 117 cm³/mol. The minimum Gasteiger partial charge on any atom is -0.377 e. The van der Waals surface area contributed by atoms with Crippen molar-refractivity contribution in [3.05, 3.63) is 106 Å². The van der Waals surface area contributed by atoms with Gasteiger partial charge in [-0.1, -0.05) is 77.9 Å². The first-order valence-corrected chi connectivity index (χ1v) is 11.1. The molecular weight excluding hydrogens is 452 g/mol. The van der Waals surface area contributed by atoms with Gasteiger partial charge in [0.25, 0.3) is 0 Å². The van der Waals surface area contributed by atoms with Gasteiger partial charge in [0.15, 0.2) is 5.76 Å². The SMILES string of the molecule is Cc1ccc(C(=O)/C(Br)=C(\OS(=O)(=O)c2ccc(C)cc2)c2ccccc2)cc1. The molecule has 4 nitrogen and oxygen atoms in total. The van der Waals surface area contributed by atoms with Crippen molar-refractivity contribution in [3.8, 4) is 0 Å².